The summed E-state index contributed by atoms with van der Waals surface area (Å²) in [6.45, 7) is 6.70. The number of piperazine rings is 1. The number of rotatable bonds is 1. The predicted molar refractivity (Wildman–Crippen MR) is 39.5 cm³/mol. The zero-order valence-electron chi connectivity index (χ0n) is 6.28. The summed E-state index contributed by atoms with van der Waals surface area (Å²) in [6, 6.07) is 1.36. The fourth-order valence-electron chi connectivity index (χ4n) is 1.26. The highest BCUT2D eigenvalue weighted by Gasteiger charge is 2.14. The summed E-state index contributed by atoms with van der Waals surface area (Å²) in [5.41, 5.74) is 0. The van der Waals surface area contributed by atoms with E-state index in [0.29, 0.717) is 12.1 Å². The van der Waals surface area contributed by atoms with Crippen molar-refractivity contribution in [2.24, 2.45) is 0 Å². The van der Waals surface area contributed by atoms with Gasteiger partial charge in [-0.15, -0.1) is 0 Å². The summed E-state index contributed by atoms with van der Waals surface area (Å²) in [6.07, 6.45) is 1.23. The van der Waals surface area contributed by atoms with Crippen LogP contribution in [0.15, 0.2) is 0 Å². The molecule has 0 aromatic heterocycles. The molecular formula is C7H16N2. The lowest BCUT2D eigenvalue weighted by Gasteiger charge is -2.28. The van der Waals surface area contributed by atoms with E-state index in [0.717, 1.165) is 13.1 Å². The van der Waals surface area contributed by atoms with Gasteiger partial charge >= 0.3 is 0 Å². The molecule has 0 aromatic rings. The van der Waals surface area contributed by atoms with Gasteiger partial charge in [-0.1, -0.05) is 6.92 Å². The summed E-state index contributed by atoms with van der Waals surface area (Å²) < 4.78 is 0. The van der Waals surface area contributed by atoms with Gasteiger partial charge in [0.2, 0.25) is 0 Å². The third kappa shape index (κ3) is 1.95. The minimum absolute atomic E-state index is 0.656. The van der Waals surface area contributed by atoms with Crippen molar-refractivity contribution in [1.82, 2.24) is 10.6 Å². The third-order valence-corrected chi connectivity index (χ3v) is 1.85. The van der Waals surface area contributed by atoms with Gasteiger partial charge in [0.15, 0.2) is 0 Å². The van der Waals surface area contributed by atoms with E-state index in [1.807, 2.05) is 0 Å². The fraction of sp³-hybridized carbons (Fsp3) is 1.00. The lowest BCUT2D eigenvalue weighted by atomic mass is 10.1. The molecule has 0 saturated carbocycles. The van der Waals surface area contributed by atoms with Gasteiger partial charge in [0, 0.05) is 25.2 Å². The van der Waals surface area contributed by atoms with E-state index in [4.69, 9.17) is 0 Å². The molecule has 0 aliphatic carbocycles. The van der Waals surface area contributed by atoms with Gasteiger partial charge in [-0.2, -0.15) is 0 Å². The maximum atomic E-state index is 3.50. The van der Waals surface area contributed by atoms with Crippen LogP contribution in [-0.4, -0.2) is 25.2 Å². The second kappa shape index (κ2) is 3.18. The van der Waals surface area contributed by atoms with Gasteiger partial charge < -0.3 is 10.6 Å². The topological polar surface area (TPSA) is 24.1 Å². The van der Waals surface area contributed by atoms with Crippen molar-refractivity contribution in [3.8, 4) is 0 Å². The Morgan fingerprint density at radius 1 is 1.44 bits per heavy atom. The number of hydrogen-bond donors (Lipinski definition) is 2. The Hall–Kier alpha value is -0.0800. The van der Waals surface area contributed by atoms with Gasteiger partial charge in [-0.3, -0.25) is 0 Å². The second-order valence-corrected chi connectivity index (χ2v) is 2.83. The highest BCUT2D eigenvalue weighted by Crippen LogP contribution is 1.96. The minimum atomic E-state index is 0.656. The molecule has 2 heteroatoms. The molecule has 2 N–H and O–H groups in total. The molecule has 1 heterocycles. The van der Waals surface area contributed by atoms with Gasteiger partial charge in [-0.05, 0) is 13.3 Å². The molecule has 0 bridgehead atoms. The first-order valence-corrected chi connectivity index (χ1v) is 3.79. The Labute approximate surface area is 57.0 Å². The maximum Gasteiger partial charge on any atom is 0.0192 e. The Balaban J connectivity index is 2.23. The van der Waals surface area contributed by atoms with E-state index in [9.17, 15) is 0 Å². The third-order valence-electron chi connectivity index (χ3n) is 1.85. The van der Waals surface area contributed by atoms with Crippen LogP contribution in [0.1, 0.15) is 20.3 Å². The molecule has 54 valence electrons. The largest absolute Gasteiger partial charge is 0.314 e. The van der Waals surface area contributed by atoms with E-state index < -0.39 is 0 Å². The monoisotopic (exact) mass is 128 g/mol. The average molecular weight is 128 g/mol. The summed E-state index contributed by atoms with van der Waals surface area (Å²) in [5, 5.41) is 6.88. The zero-order chi connectivity index (χ0) is 6.69. The van der Waals surface area contributed by atoms with Crippen LogP contribution < -0.4 is 10.6 Å². The lowest BCUT2D eigenvalue weighted by molar-refractivity contribution is 0.347. The van der Waals surface area contributed by atoms with Gasteiger partial charge in [0.1, 0.15) is 0 Å². The summed E-state index contributed by atoms with van der Waals surface area (Å²) in [5.74, 6) is 0. The van der Waals surface area contributed by atoms with E-state index >= 15 is 0 Å². The first kappa shape index (κ1) is 7.03. The second-order valence-electron chi connectivity index (χ2n) is 2.83. The Morgan fingerprint density at radius 2 is 2.22 bits per heavy atom. The number of nitrogens with one attached hydrogen (secondary N) is 2. The normalized spacial score (nSPS) is 36.7. The average Bonchev–Trinajstić information content (AvgIpc) is 1.88. The first-order chi connectivity index (χ1) is 4.33. The molecule has 1 fully saturated rings. The van der Waals surface area contributed by atoms with Crippen LogP contribution >= 0.6 is 0 Å². The summed E-state index contributed by atoms with van der Waals surface area (Å²) in [4.78, 5) is 0. The minimum Gasteiger partial charge on any atom is -0.314 e. The van der Waals surface area contributed by atoms with Crippen molar-refractivity contribution in [2.45, 2.75) is 32.4 Å². The van der Waals surface area contributed by atoms with Crippen molar-refractivity contribution in [3.05, 3.63) is 0 Å². The van der Waals surface area contributed by atoms with Crippen molar-refractivity contribution in [1.29, 1.82) is 0 Å². The molecule has 0 aromatic carbocycles. The van der Waals surface area contributed by atoms with Crippen LogP contribution in [0.25, 0.3) is 0 Å². The van der Waals surface area contributed by atoms with E-state index in [2.05, 4.69) is 24.5 Å². The molecule has 0 amide bonds. The molecule has 1 saturated heterocycles. The van der Waals surface area contributed by atoms with Crippen LogP contribution in [0.2, 0.25) is 0 Å². The van der Waals surface area contributed by atoms with Gasteiger partial charge in [0.05, 0.1) is 0 Å². The molecule has 9 heavy (non-hydrogen) atoms. The molecular weight excluding hydrogens is 112 g/mol. The Kier molecular flexibility index (Phi) is 2.49. The van der Waals surface area contributed by atoms with Crippen LogP contribution in [0.4, 0.5) is 0 Å². The van der Waals surface area contributed by atoms with Crippen molar-refractivity contribution >= 4 is 0 Å². The predicted octanol–water partition coefficient (Wildman–Crippen LogP) is 0.346. The lowest BCUT2D eigenvalue weighted by Crippen LogP contribution is -2.53. The zero-order valence-corrected chi connectivity index (χ0v) is 6.28. The maximum absolute atomic E-state index is 3.50. The highest BCUT2D eigenvalue weighted by atomic mass is 15.1. The molecule has 2 nitrogen and oxygen atoms in total. The van der Waals surface area contributed by atoms with Gasteiger partial charge in [-0.25, -0.2) is 0 Å². The standard InChI is InChI=1S/C7H16N2/c1-3-7-5-8-4-6(2)9-7/h6-9H,3-5H2,1-2H3/t6-,7+/m1/s1. The highest BCUT2D eigenvalue weighted by molar-refractivity contribution is 4.79. The van der Waals surface area contributed by atoms with E-state index in [1.165, 1.54) is 6.42 Å². The van der Waals surface area contributed by atoms with Crippen molar-refractivity contribution in [3.63, 3.8) is 0 Å². The van der Waals surface area contributed by atoms with Crippen LogP contribution in [0, 0.1) is 0 Å². The SMILES string of the molecule is CC[C@H]1CNC[C@@H](C)N1. The molecule has 1 aliphatic rings. The Morgan fingerprint density at radius 3 is 2.67 bits per heavy atom. The van der Waals surface area contributed by atoms with E-state index in [-0.39, 0.29) is 0 Å². The molecule has 0 radical (unpaired) electrons. The first-order valence-electron chi connectivity index (χ1n) is 3.79. The van der Waals surface area contributed by atoms with Gasteiger partial charge in [0.25, 0.3) is 0 Å². The number of hydrogen-bond acceptors (Lipinski definition) is 2. The fourth-order valence-corrected chi connectivity index (χ4v) is 1.26. The van der Waals surface area contributed by atoms with Crippen molar-refractivity contribution < 1.29 is 0 Å². The Bertz CT molecular complexity index is 83.0. The molecule has 0 spiro atoms. The molecule has 0 unspecified atom stereocenters. The van der Waals surface area contributed by atoms with Crippen LogP contribution in [0.5, 0.6) is 0 Å². The van der Waals surface area contributed by atoms with Crippen molar-refractivity contribution in [2.75, 3.05) is 13.1 Å². The molecule has 1 rings (SSSR count). The van der Waals surface area contributed by atoms with Crippen LogP contribution in [0.3, 0.4) is 0 Å². The van der Waals surface area contributed by atoms with E-state index in [1.54, 1.807) is 0 Å². The quantitative estimate of drug-likeness (QED) is 0.532. The molecule has 2 atom stereocenters. The molecule has 1 aliphatic heterocycles. The smallest absolute Gasteiger partial charge is 0.0192 e. The summed E-state index contributed by atoms with van der Waals surface area (Å²) in [7, 11) is 0. The summed E-state index contributed by atoms with van der Waals surface area (Å²) >= 11 is 0. The van der Waals surface area contributed by atoms with Crippen LogP contribution in [-0.2, 0) is 0 Å².